The van der Waals surface area contributed by atoms with Crippen molar-refractivity contribution >= 4 is 23.3 Å². The van der Waals surface area contributed by atoms with E-state index in [1.807, 2.05) is 23.1 Å². The van der Waals surface area contributed by atoms with Gasteiger partial charge in [-0.2, -0.15) is 0 Å². The molecule has 1 amide bonds. The van der Waals surface area contributed by atoms with E-state index in [9.17, 15) is 4.79 Å². The van der Waals surface area contributed by atoms with E-state index in [4.69, 9.17) is 11.6 Å². The van der Waals surface area contributed by atoms with E-state index >= 15 is 0 Å². The Labute approximate surface area is 106 Å². The van der Waals surface area contributed by atoms with Gasteiger partial charge in [-0.25, -0.2) is 4.98 Å². The van der Waals surface area contributed by atoms with Crippen LogP contribution in [0.15, 0.2) is 24.4 Å². The lowest BCUT2D eigenvalue weighted by atomic mass is 10.1. The number of rotatable bonds is 3. The molecule has 0 aromatic carbocycles. The van der Waals surface area contributed by atoms with E-state index in [-0.39, 0.29) is 11.8 Å². The molecule has 0 spiro atoms. The molecule has 1 saturated heterocycles. The SMILES string of the molecule is O=C(CCl)N1CCC(Nc2ccccn2)CC1. The lowest BCUT2D eigenvalue weighted by Crippen LogP contribution is -2.43. The second-order valence-corrected chi connectivity index (χ2v) is 4.42. The van der Waals surface area contributed by atoms with Crippen LogP contribution in [0.5, 0.6) is 0 Å². The Morgan fingerprint density at radius 1 is 1.47 bits per heavy atom. The summed E-state index contributed by atoms with van der Waals surface area (Å²) >= 11 is 5.53. The zero-order chi connectivity index (χ0) is 12.1. The van der Waals surface area contributed by atoms with E-state index in [1.165, 1.54) is 0 Å². The Hall–Kier alpha value is -1.29. The number of amides is 1. The highest BCUT2D eigenvalue weighted by Gasteiger charge is 2.21. The summed E-state index contributed by atoms with van der Waals surface area (Å²) in [6.45, 7) is 1.55. The third-order valence-electron chi connectivity index (χ3n) is 2.98. The van der Waals surface area contributed by atoms with Crippen LogP contribution in [0, 0.1) is 0 Å². The van der Waals surface area contributed by atoms with Crippen LogP contribution in [0.1, 0.15) is 12.8 Å². The number of aromatic nitrogens is 1. The van der Waals surface area contributed by atoms with Crippen molar-refractivity contribution in [2.45, 2.75) is 18.9 Å². The predicted molar refractivity (Wildman–Crippen MR) is 68.2 cm³/mol. The highest BCUT2D eigenvalue weighted by atomic mass is 35.5. The molecule has 1 aromatic rings. The number of halogens is 1. The molecule has 2 heterocycles. The highest BCUT2D eigenvalue weighted by Crippen LogP contribution is 2.15. The zero-order valence-electron chi connectivity index (χ0n) is 9.60. The number of piperidine rings is 1. The fourth-order valence-electron chi connectivity index (χ4n) is 2.02. The van der Waals surface area contributed by atoms with Crippen LogP contribution in [-0.2, 0) is 4.79 Å². The van der Waals surface area contributed by atoms with Crippen LogP contribution in [0.4, 0.5) is 5.82 Å². The van der Waals surface area contributed by atoms with Crippen LogP contribution in [-0.4, -0.2) is 40.8 Å². The molecule has 0 atom stereocenters. The second-order valence-electron chi connectivity index (χ2n) is 4.15. The Morgan fingerprint density at radius 2 is 2.24 bits per heavy atom. The number of alkyl halides is 1. The summed E-state index contributed by atoms with van der Waals surface area (Å²) in [6, 6.07) is 6.20. The lowest BCUT2D eigenvalue weighted by Gasteiger charge is -2.32. The van der Waals surface area contributed by atoms with Crippen molar-refractivity contribution in [1.29, 1.82) is 0 Å². The van der Waals surface area contributed by atoms with E-state index in [0.29, 0.717) is 6.04 Å². The van der Waals surface area contributed by atoms with Crippen LogP contribution < -0.4 is 5.32 Å². The van der Waals surface area contributed by atoms with Gasteiger partial charge in [0.1, 0.15) is 11.7 Å². The Morgan fingerprint density at radius 3 is 2.82 bits per heavy atom. The number of carbonyl (C=O) groups is 1. The highest BCUT2D eigenvalue weighted by molar-refractivity contribution is 6.27. The van der Waals surface area contributed by atoms with Gasteiger partial charge in [-0.3, -0.25) is 4.79 Å². The fraction of sp³-hybridized carbons (Fsp3) is 0.500. The molecule has 17 heavy (non-hydrogen) atoms. The summed E-state index contributed by atoms with van der Waals surface area (Å²) in [5.74, 6) is 1.01. The van der Waals surface area contributed by atoms with Gasteiger partial charge < -0.3 is 10.2 Å². The number of nitrogens with one attached hydrogen (secondary N) is 1. The molecule has 0 saturated carbocycles. The van der Waals surface area contributed by atoms with Crippen molar-refractivity contribution in [3.8, 4) is 0 Å². The first kappa shape index (κ1) is 12.2. The van der Waals surface area contributed by atoms with Crippen molar-refractivity contribution in [2.24, 2.45) is 0 Å². The summed E-state index contributed by atoms with van der Waals surface area (Å²) < 4.78 is 0. The maximum atomic E-state index is 11.4. The molecule has 0 unspecified atom stereocenters. The van der Waals surface area contributed by atoms with Crippen molar-refractivity contribution < 1.29 is 4.79 Å². The molecule has 92 valence electrons. The van der Waals surface area contributed by atoms with Gasteiger partial charge in [-0.1, -0.05) is 6.07 Å². The van der Waals surface area contributed by atoms with E-state index < -0.39 is 0 Å². The topological polar surface area (TPSA) is 45.2 Å². The van der Waals surface area contributed by atoms with Crippen LogP contribution >= 0.6 is 11.6 Å². The normalized spacial score (nSPS) is 16.9. The van der Waals surface area contributed by atoms with E-state index in [2.05, 4.69) is 10.3 Å². The zero-order valence-corrected chi connectivity index (χ0v) is 10.4. The lowest BCUT2D eigenvalue weighted by molar-refractivity contribution is -0.129. The first-order chi connectivity index (χ1) is 8.29. The number of anilines is 1. The molecule has 1 aliphatic rings. The molecule has 0 radical (unpaired) electrons. The first-order valence-corrected chi connectivity index (χ1v) is 6.34. The first-order valence-electron chi connectivity index (χ1n) is 5.81. The smallest absolute Gasteiger partial charge is 0.237 e. The third-order valence-corrected chi connectivity index (χ3v) is 3.21. The van der Waals surface area contributed by atoms with Gasteiger partial charge in [-0.15, -0.1) is 11.6 Å². The quantitative estimate of drug-likeness (QED) is 0.835. The van der Waals surface area contributed by atoms with Gasteiger partial charge in [-0.05, 0) is 25.0 Å². The minimum absolute atomic E-state index is 0.0305. The number of carbonyl (C=O) groups excluding carboxylic acids is 1. The van der Waals surface area contributed by atoms with Crippen molar-refractivity contribution in [1.82, 2.24) is 9.88 Å². The summed E-state index contributed by atoms with van der Waals surface area (Å²) in [7, 11) is 0. The Kier molecular flexibility index (Phi) is 4.20. The van der Waals surface area contributed by atoms with Crippen molar-refractivity contribution in [3.63, 3.8) is 0 Å². The molecular formula is C12H16ClN3O. The largest absolute Gasteiger partial charge is 0.367 e. The molecule has 1 aromatic heterocycles. The minimum Gasteiger partial charge on any atom is -0.367 e. The maximum absolute atomic E-state index is 11.4. The molecule has 0 bridgehead atoms. The molecule has 1 fully saturated rings. The van der Waals surface area contributed by atoms with Crippen molar-refractivity contribution in [2.75, 3.05) is 24.3 Å². The average Bonchev–Trinajstić information content (AvgIpc) is 2.40. The standard InChI is InChI=1S/C12H16ClN3O/c13-9-12(17)16-7-4-10(5-8-16)15-11-3-1-2-6-14-11/h1-3,6,10H,4-5,7-9H2,(H,14,15). The van der Waals surface area contributed by atoms with Gasteiger partial charge in [0, 0.05) is 25.3 Å². The van der Waals surface area contributed by atoms with E-state index in [1.54, 1.807) is 6.20 Å². The molecule has 4 nitrogen and oxygen atoms in total. The third kappa shape index (κ3) is 3.33. The summed E-state index contributed by atoms with van der Waals surface area (Å²) in [5, 5.41) is 3.38. The molecule has 1 aliphatic heterocycles. The predicted octanol–water partition coefficient (Wildman–Crippen LogP) is 1.72. The molecule has 1 N–H and O–H groups in total. The number of nitrogens with zero attached hydrogens (tertiary/aromatic N) is 2. The van der Waals surface area contributed by atoms with Gasteiger partial charge in [0.15, 0.2) is 0 Å². The van der Waals surface area contributed by atoms with Crippen molar-refractivity contribution in [3.05, 3.63) is 24.4 Å². The number of hydrogen-bond donors (Lipinski definition) is 1. The van der Waals surface area contributed by atoms with Crippen LogP contribution in [0.2, 0.25) is 0 Å². The molecule has 0 aliphatic carbocycles. The summed E-state index contributed by atoms with van der Waals surface area (Å²) in [6.07, 6.45) is 3.66. The maximum Gasteiger partial charge on any atom is 0.237 e. The number of hydrogen-bond acceptors (Lipinski definition) is 3. The minimum atomic E-state index is 0.0305. The molecule has 5 heteroatoms. The van der Waals surface area contributed by atoms with Gasteiger partial charge in [0.25, 0.3) is 0 Å². The summed E-state index contributed by atoms with van der Waals surface area (Å²) in [4.78, 5) is 17.4. The average molecular weight is 254 g/mol. The number of pyridine rings is 1. The van der Waals surface area contributed by atoms with Crippen LogP contribution in [0.3, 0.4) is 0 Å². The van der Waals surface area contributed by atoms with Crippen LogP contribution in [0.25, 0.3) is 0 Å². The number of likely N-dealkylation sites (tertiary alicyclic amines) is 1. The summed E-state index contributed by atoms with van der Waals surface area (Å²) in [5.41, 5.74) is 0. The van der Waals surface area contributed by atoms with E-state index in [0.717, 1.165) is 31.7 Å². The van der Waals surface area contributed by atoms with Gasteiger partial charge >= 0.3 is 0 Å². The van der Waals surface area contributed by atoms with Gasteiger partial charge in [0.2, 0.25) is 5.91 Å². The monoisotopic (exact) mass is 253 g/mol. The molecule has 2 rings (SSSR count). The molecular weight excluding hydrogens is 238 g/mol. The van der Waals surface area contributed by atoms with Gasteiger partial charge in [0.05, 0.1) is 0 Å². The second kappa shape index (κ2) is 5.87. The fourth-order valence-corrected chi connectivity index (χ4v) is 2.18. The Bertz CT molecular complexity index is 363. The Balaban J connectivity index is 1.82.